The zero-order valence-electron chi connectivity index (χ0n) is 8.68. The third-order valence-corrected chi connectivity index (χ3v) is 2.51. The number of alkyl halides is 1. The van der Waals surface area contributed by atoms with Crippen LogP contribution in [-0.4, -0.2) is 17.8 Å². The van der Waals surface area contributed by atoms with Crippen LogP contribution in [0.25, 0.3) is 0 Å². The zero-order valence-corrected chi connectivity index (χ0v) is 9.44. The number of amides is 1. The number of halogens is 2. The molecule has 0 aliphatic carbocycles. The van der Waals surface area contributed by atoms with Crippen LogP contribution in [0.1, 0.15) is 22.8 Å². The van der Waals surface area contributed by atoms with Gasteiger partial charge in [-0.05, 0) is 25.5 Å². The predicted octanol–water partition coefficient (Wildman–Crippen LogP) is 2.49. The highest BCUT2D eigenvalue weighted by atomic mass is 35.5. The van der Waals surface area contributed by atoms with E-state index < -0.39 is 11.7 Å². The molecule has 1 aromatic carbocycles. The van der Waals surface area contributed by atoms with Gasteiger partial charge in [-0.1, -0.05) is 12.1 Å². The van der Waals surface area contributed by atoms with Crippen molar-refractivity contribution in [2.24, 2.45) is 0 Å². The summed E-state index contributed by atoms with van der Waals surface area (Å²) in [4.78, 5) is 11.6. The van der Waals surface area contributed by atoms with Crippen LogP contribution in [0.15, 0.2) is 18.2 Å². The molecule has 1 atom stereocenters. The highest BCUT2D eigenvalue weighted by Crippen LogP contribution is 2.11. The average Bonchev–Trinajstić information content (AvgIpc) is 2.21. The third kappa shape index (κ3) is 2.93. The fraction of sp³-hybridized carbons (Fsp3) is 0.364. The Morgan fingerprint density at radius 3 is 2.87 bits per heavy atom. The number of aryl methyl sites for hydroxylation is 1. The molecular weight excluding hydrogens is 217 g/mol. The molecule has 0 fully saturated rings. The first-order valence-electron chi connectivity index (χ1n) is 4.68. The van der Waals surface area contributed by atoms with E-state index in [1.54, 1.807) is 26.0 Å². The van der Waals surface area contributed by atoms with Gasteiger partial charge in [0.1, 0.15) is 5.82 Å². The van der Waals surface area contributed by atoms with Crippen LogP contribution in [0.4, 0.5) is 4.39 Å². The summed E-state index contributed by atoms with van der Waals surface area (Å²) in [5.41, 5.74) is 0.521. The second-order valence-corrected chi connectivity index (χ2v) is 3.77. The van der Waals surface area contributed by atoms with Gasteiger partial charge in [0.15, 0.2) is 0 Å². The molecule has 1 aromatic rings. The molecule has 1 amide bonds. The molecule has 0 saturated carbocycles. The lowest BCUT2D eigenvalue weighted by Crippen LogP contribution is -2.34. The molecule has 1 unspecified atom stereocenters. The average molecular weight is 230 g/mol. The standard InChI is InChI=1S/C11H13ClFNO/c1-7-4-3-5-9(10(7)13)11(15)14-8(2)6-12/h3-5,8H,6H2,1-2H3,(H,14,15). The van der Waals surface area contributed by atoms with E-state index in [9.17, 15) is 9.18 Å². The van der Waals surface area contributed by atoms with Crippen LogP contribution >= 0.6 is 11.6 Å². The van der Waals surface area contributed by atoms with Crippen LogP contribution in [0, 0.1) is 12.7 Å². The monoisotopic (exact) mass is 229 g/mol. The fourth-order valence-corrected chi connectivity index (χ4v) is 1.24. The summed E-state index contributed by atoms with van der Waals surface area (Å²) in [5, 5.41) is 2.60. The van der Waals surface area contributed by atoms with Crippen molar-refractivity contribution in [3.8, 4) is 0 Å². The van der Waals surface area contributed by atoms with E-state index in [0.29, 0.717) is 11.4 Å². The molecule has 0 aromatic heterocycles. The van der Waals surface area contributed by atoms with Gasteiger partial charge in [0.25, 0.3) is 5.91 Å². The lowest BCUT2D eigenvalue weighted by Gasteiger charge is -2.11. The maximum absolute atomic E-state index is 13.5. The number of carbonyl (C=O) groups excluding carboxylic acids is 1. The fourth-order valence-electron chi connectivity index (χ4n) is 1.16. The van der Waals surface area contributed by atoms with Gasteiger partial charge in [-0.25, -0.2) is 4.39 Å². The normalized spacial score (nSPS) is 12.3. The number of hydrogen-bond acceptors (Lipinski definition) is 1. The van der Waals surface area contributed by atoms with E-state index in [2.05, 4.69) is 5.32 Å². The second kappa shape index (κ2) is 5.12. The van der Waals surface area contributed by atoms with Crippen molar-refractivity contribution in [3.05, 3.63) is 35.1 Å². The molecule has 0 radical (unpaired) electrons. The van der Waals surface area contributed by atoms with Crippen molar-refractivity contribution in [1.82, 2.24) is 5.32 Å². The van der Waals surface area contributed by atoms with E-state index in [0.717, 1.165) is 0 Å². The first-order valence-corrected chi connectivity index (χ1v) is 5.21. The van der Waals surface area contributed by atoms with Gasteiger partial charge < -0.3 is 5.32 Å². The summed E-state index contributed by atoms with van der Waals surface area (Å²) < 4.78 is 13.5. The Bertz CT molecular complexity index is 368. The van der Waals surface area contributed by atoms with Crippen molar-refractivity contribution in [2.75, 3.05) is 5.88 Å². The molecule has 1 N–H and O–H groups in total. The van der Waals surface area contributed by atoms with Crippen LogP contribution < -0.4 is 5.32 Å². The van der Waals surface area contributed by atoms with Gasteiger partial charge in [0.05, 0.1) is 5.56 Å². The summed E-state index contributed by atoms with van der Waals surface area (Å²) in [6, 6.07) is 4.56. The van der Waals surface area contributed by atoms with Gasteiger partial charge in [-0.2, -0.15) is 0 Å². The molecule has 1 rings (SSSR count). The second-order valence-electron chi connectivity index (χ2n) is 3.47. The largest absolute Gasteiger partial charge is 0.348 e. The zero-order chi connectivity index (χ0) is 11.4. The summed E-state index contributed by atoms with van der Waals surface area (Å²) in [6.45, 7) is 3.38. The molecule has 82 valence electrons. The van der Waals surface area contributed by atoms with Crippen molar-refractivity contribution >= 4 is 17.5 Å². The molecule has 4 heteroatoms. The Labute approximate surface area is 93.4 Å². The summed E-state index contributed by atoms with van der Waals surface area (Å²) in [5.74, 6) is -0.597. The molecule has 0 saturated heterocycles. The topological polar surface area (TPSA) is 29.1 Å². The molecule has 15 heavy (non-hydrogen) atoms. The van der Waals surface area contributed by atoms with Gasteiger partial charge in [-0.15, -0.1) is 11.6 Å². The van der Waals surface area contributed by atoms with Gasteiger partial charge in [0.2, 0.25) is 0 Å². The van der Waals surface area contributed by atoms with Crippen molar-refractivity contribution in [1.29, 1.82) is 0 Å². The molecule has 0 spiro atoms. The van der Waals surface area contributed by atoms with Crippen LogP contribution in [0.3, 0.4) is 0 Å². The summed E-state index contributed by atoms with van der Waals surface area (Å²) in [7, 11) is 0. The first-order chi connectivity index (χ1) is 7.06. The van der Waals surface area contributed by atoms with Crippen LogP contribution in [0.5, 0.6) is 0 Å². The molecular formula is C11H13ClFNO. The molecule has 2 nitrogen and oxygen atoms in total. The van der Waals surface area contributed by atoms with E-state index in [-0.39, 0.29) is 11.6 Å². The predicted molar refractivity (Wildman–Crippen MR) is 58.8 cm³/mol. The van der Waals surface area contributed by atoms with Gasteiger partial charge >= 0.3 is 0 Å². The molecule has 0 aliphatic heterocycles. The van der Waals surface area contributed by atoms with Gasteiger partial charge in [-0.3, -0.25) is 4.79 Å². The lowest BCUT2D eigenvalue weighted by molar-refractivity contribution is 0.0939. The van der Waals surface area contributed by atoms with E-state index in [4.69, 9.17) is 11.6 Å². The number of hydrogen-bond donors (Lipinski definition) is 1. The van der Waals surface area contributed by atoms with E-state index in [1.807, 2.05) is 0 Å². The summed E-state index contributed by atoms with van der Waals surface area (Å²) >= 11 is 5.55. The van der Waals surface area contributed by atoms with Crippen molar-refractivity contribution < 1.29 is 9.18 Å². The molecule has 0 bridgehead atoms. The maximum atomic E-state index is 13.5. The highest BCUT2D eigenvalue weighted by molar-refractivity contribution is 6.18. The smallest absolute Gasteiger partial charge is 0.254 e. The van der Waals surface area contributed by atoms with Gasteiger partial charge in [0, 0.05) is 11.9 Å². The lowest BCUT2D eigenvalue weighted by atomic mass is 10.1. The van der Waals surface area contributed by atoms with Crippen molar-refractivity contribution in [2.45, 2.75) is 19.9 Å². The number of benzene rings is 1. The van der Waals surface area contributed by atoms with Crippen LogP contribution in [-0.2, 0) is 0 Å². The quantitative estimate of drug-likeness (QED) is 0.793. The number of carbonyl (C=O) groups is 1. The van der Waals surface area contributed by atoms with Crippen molar-refractivity contribution in [3.63, 3.8) is 0 Å². The minimum absolute atomic E-state index is 0.0620. The molecule has 0 aliphatic rings. The summed E-state index contributed by atoms with van der Waals surface area (Å²) in [6.07, 6.45) is 0. The minimum atomic E-state index is -0.475. The Hall–Kier alpha value is -1.09. The van der Waals surface area contributed by atoms with E-state index >= 15 is 0 Å². The SMILES string of the molecule is Cc1cccc(C(=O)NC(C)CCl)c1F. The number of rotatable bonds is 3. The Morgan fingerprint density at radius 1 is 1.60 bits per heavy atom. The van der Waals surface area contributed by atoms with E-state index in [1.165, 1.54) is 6.07 Å². The molecule has 0 heterocycles. The Kier molecular flexibility index (Phi) is 4.09. The number of nitrogens with one attached hydrogen (secondary N) is 1. The minimum Gasteiger partial charge on any atom is -0.348 e. The Morgan fingerprint density at radius 2 is 2.27 bits per heavy atom. The third-order valence-electron chi connectivity index (χ3n) is 2.05. The highest BCUT2D eigenvalue weighted by Gasteiger charge is 2.14. The van der Waals surface area contributed by atoms with Crippen LogP contribution in [0.2, 0.25) is 0 Å². The first kappa shape index (κ1) is 12.0. The Balaban J connectivity index is 2.87. The maximum Gasteiger partial charge on any atom is 0.254 e.